The van der Waals surface area contributed by atoms with Crippen molar-refractivity contribution in [1.82, 2.24) is 15.1 Å². The van der Waals surface area contributed by atoms with Crippen molar-refractivity contribution in [2.45, 2.75) is 26.3 Å². The first-order chi connectivity index (χ1) is 10.1. The Labute approximate surface area is 134 Å². The number of halogens is 1. The zero-order valence-electron chi connectivity index (χ0n) is 13.0. The van der Waals surface area contributed by atoms with E-state index in [4.69, 9.17) is 4.74 Å². The van der Waals surface area contributed by atoms with E-state index in [2.05, 4.69) is 58.4 Å². The standard InChI is InChI=1S/C16H22BrN3O/c1-5-8-18-15(13-9-12(17)7-6-11(13)2)16-14(21-4)10-19-20(16)3/h6-7,9-10,15,18H,5,8H2,1-4H3. The van der Waals surface area contributed by atoms with E-state index in [0.717, 1.165) is 28.9 Å². The van der Waals surface area contributed by atoms with Gasteiger partial charge >= 0.3 is 0 Å². The molecular weight excluding hydrogens is 330 g/mol. The SMILES string of the molecule is CCCNC(c1cc(Br)ccc1C)c1c(OC)cnn1C. The fourth-order valence-electron chi connectivity index (χ4n) is 2.48. The molecule has 1 N–H and O–H groups in total. The molecule has 0 saturated carbocycles. The van der Waals surface area contributed by atoms with Crippen molar-refractivity contribution in [3.63, 3.8) is 0 Å². The summed E-state index contributed by atoms with van der Waals surface area (Å²) in [5, 5.41) is 7.94. The minimum absolute atomic E-state index is 0.0601. The Kier molecular flexibility index (Phi) is 5.42. The van der Waals surface area contributed by atoms with E-state index in [1.165, 1.54) is 11.1 Å². The number of methoxy groups -OCH3 is 1. The Bertz CT molecular complexity index is 610. The molecule has 0 amide bonds. The summed E-state index contributed by atoms with van der Waals surface area (Å²) in [6.45, 7) is 5.23. The third-order valence-electron chi connectivity index (χ3n) is 3.59. The number of ether oxygens (including phenoxy) is 1. The maximum absolute atomic E-state index is 5.48. The Hall–Kier alpha value is -1.33. The number of benzene rings is 1. The second kappa shape index (κ2) is 7.09. The van der Waals surface area contributed by atoms with Crippen LogP contribution >= 0.6 is 15.9 Å². The number of rotatable bonds is 6. The van der Waals surface area contributed by atoms with Gasteiger partial charge in [-0.05, 0) is 43.1 Å². The van der Waals surface area contributed by atoms with Crippen LogP contribution in [0.25, 0.3) is 0 Å². The summed E-state index contributed by atoms with van der Waals surface area (Å²) < 4.78 is 8.44. The molecule has 0 aliphatic carbocycles. The smallest absolute Gasteiger partial charge is 0.161 e. The van der Waals surface area contributed by atoms with Crippen LogP contribution in [0.15, 0.2) is 28.9 Å². The van der Waals surface area contributed by atoms with Gasteiger partial charge in [0.1, 0.15) is 5.69 Å². The highest BCUT2D eigenvalue weighted by Crippen LogP contribution is 2.32. The van der Waals surface area contributed by atoms with Gasteiger partial charge in [-0.25, -0.2) is 0 Å². The molecule has 5 heteroatoms. The molecule has 1 unspecified atom stereocenters. The normalized spacial score (nSPS) is 12.4. The minimum atomic E-state index is 0.0601. The van der Waals surface area contributed by atoms with Crippen molar-refractivity contribution < 1.29 is 4.74 Å². The minimum Gasteiger partial charge on any atom is -0.493 e. The Morgan fingerprint density at radius 1 is 1.43 bits per heavy atom. The van der Waals surface area contributed by atoms with Crippen molar-refractivity contribution in [3.8, 4) is 5.75 Å². The van der Waals surface area contributed by atoms with Gasteiger partial charge in [0.25, 0.3) is 0 Å². The van der Waals surface area contributed by atoms with Gasteiger partial charge in [0.2, 0.25) is 0 Å². The summed E-state index contributed by atoms with van der Waals surface area (Å²) in [4.78, 5) is 0. The molecule has 0 aliphatic heterocycles. The number of hydrogen-bond donors (Lipinski definition) is 1. The van der Waals surface area contributed by atoms with Crippen molar-refractivity contribution in [3.05, 3.63) is 45.7 Å². The maximum atomic E-state index is 5.48. The molecule has 0 saturated heterocycles. The van der Waals surface area contributed by atoms with Gasteiger partial charge in [-0.2, -0.15) is 5.10 Å². The molecule has 114 valence electrons. The topological polar surface area (TPSA) is 39.1 Å². The first-order valence-electron chi connectivity index (χ1n) is 7.13. The molecule has 1 heterocycles. The second-order valence-electron chi connectivity index (χ2n) is 5.11. The highest BCUT2D eigenvalue weighted by Gasteiger charge is 2.23. The van der Waals surface area contributed by atoms with E-state index < -0.39 is 0 Å². The van der Waals surface area contributed by atoms with E-state index in [9.17, 15) is 0 Å². The average Bonchev–Trinajstić information content (AvgIpc) is 2.84. The summed E-state index contributed by atoms with van der Waals surface area (Å²) >= 11 is 3.57. The first kappa shape index (κ1) is 16.0. The molecule has 0 radical (unpaired) electrons. The molecule has 1 aromatic heterocycles. The van der Waals surface area contributed by atoms with Gasteiger partial charge in [-0.3, -0.25) is 4.68 Å². The van der Waals surface area contributed by atoms with Crippen LogP contribution in [0.1, 0.15) is 36.2 Å². The molecule has 0 bridgehead atoms. The van der Waals surface area contributed by atoms with Crippen molar-refractivity contribution in [2.75, 3.05) is 13.7 Å². The van der Waals surface area contributed by atoms with Crippen molar-refractivity contribution in [2.24, 2.45) is 7.05 Å². The lowest BCUT2D eigenvalue weighted by atomic mass is 9.98. The van der Waals surface area contributed by atoms with Crippen LogP contribution in [-0.4, -0.2) is 23.4 Å². The van der Waals surface area contributed by atoms with E-state index >= 15 is 0 Å². The monoisotopic (exact) mass is 351 g/mol. The Morgan fingerprint density at radius 3 is 2.86 bits per heavy atom. The third kappa shape index (κ3) is 3.47. The summed E-state index contributed by atoms with van der Waals surface area (Å²) in [7, 11) is 3.64. The lowest BCUT2D eigenvalue weighted by molar-refractivity contribution is 0.400. The maximum Gasteiger partial charge on any atom is 0.161 e. The van der Waals surface area contributed by atoms with Crippen LogP contribution < -0.4 is 10.1 Å². The van der Waals surface area contributed by atoms with Crippen LogP contribution in [0.5, 0.6) is 5.75 Å². The Morgan fingerprint density at radius 2 is 2.19 bits per heavy atom. The van der Waals surface area contributed by atoms with E-state index in [0.29, 0.717) is 0 Å². The third-order valence-corrected chi connectivity index (χ3v) is 4.09. The number of aromatic nitrogens is 2. The van der Waals surface area contributed by atoms with Gasteiger partial charge in [-0.15, -0.1) is 0 Å². The van der Waals surface area contributed by atoms with E-state index in [-0.39, 0.29) is 6.04 Å². The van der Waals surface area contributed by atoms with Gasteiger partial charge in [0.05, 0.1) is 19.3 Å². The molecule has 4 nitrogen and oxygen atoms in total. The molecule has 1 aromatic carbocycles. The van der Waals surface area contributed by atoms with Gasteiger partial charge in [0.15, 0.2) is 5.75 Å². The van der Waals surface area contributed by atoms with Crippen LogP contribution in [0.2, 0.25) is 0 Å². The quantitative estimate of drug-likeness (QED) is 0.864. The van der Waals surface area contributed by atoms with Gasteiger partial charge in [-0.1, -0.05) is 28.9 Å². The molecule has 21 heavy (non-hydrogen) atoms. The summed E-state index contributed by atoms with van der Waals surface area (Å²) in [6.07, 6.45) is 2.84. The van der Waals surface area contributed by atoms with Crippen LogP contribution in [-0.2, 0) is 7.05 Å². The zero-order valence-corrected chi connectivity index (χ0v) is 14.6. The number of aryl methyl sites for hydroxylation is 2. The molecule has 0 spiro atoms. The largest absolute Gasteiger partial charge is 0.493 e. The Balaban J connectivity index is 2.52. The molecule has 2 rings (SSSR count). The predicted molar refractivity (Wildman–Crippen MR) is 88.8 cm³/mol. The van der Waals surface area contributed by atoms with Crippen LogP contribution in [0.3, 0.4) is 0 Å². The number of nitrogens with one attached hydrogen (secondary N) is 1. The summed E-state index contributed by atoms with van der Waals surface area (Å²) in [6, 6.07) is 6.42. The summed E-state index contributed by atoms with van der Waals surface area (Å²) in [5.74, 6) is 0.811. The molecule has 0 aliphatic rings. The van der Waals surface area contributed by atoms with Crippen molar-refractivity contribution in [1.29, 1.82) is 0 Å². The molecule has 0 fully saturated rings. The molecular formula is C16H22BrN3O. The summed E-state index contributed by atoms with van der Waals surface area (Å²) in [5.41, 5.74) is 3.53. The zero-order chi connectivity index (χ0) is 15.4. The van der Waals surface area contributed by atoms with Gasteiger partial charge < -0.3 is 10.1 Å². The van der Waals surface area contributed by atoms with Crippen LogP contribution in [0.4, 0.5) is 0 Å². The first-order valence-corrected chi connectivity index (χ1v) is 7.93. The fraction of sp³-hybridized carbons (Fsp3) is 0.438. The van der Waals surface area contributed by atoms with E-state index in [1.54, 1.807) is 13.3 Å². The van der Waals surface area contributed by atoms with Crippen molar-refractivity contribution >= 4 is 15.9 Å². The van der Waals surface area contributed by atoms with E-state index in [1.807, 2.05) is 11.7 Å². The molecule has 1 atom stereocenters. The highest BCUT2D eigenvalue weighted by molar-refractivity contribution is 9.10. The number of nitrogens with zero attached hydrogens (tertiary/aromatic N) is 2. The number of hydrogen-bond acceptors (Lipinski definition) is 3. The highest BCUT2D eigenvalue weighted by atomic mass is 79.9. The lowest BCUT2D eigenvalue weighted by Crippen LogP contribution is -2.26. The molecule has 2 aromatic rings. The lowest BCUT2D eigenvalue weighted by Gasteiger charge is -2.22. The predicted octanol–water partition coefficient (Wildman–Crippen LogP) is 3.59. The fourth-order valence-corrected chi connectivity index (χ4v) is 2.86. The average molecular weight is 352 g/mol. The second-order valence-corrected chi connectivity index (χ2v) is 6.03. The van der Waals surface area contributed by atoms with Gasteiger partial charge in [0, 0.05) is 11.5 Å². The van der Waals surface area contributed by atoms with Crippen LogP contribution in [0, 0.1) is 6.92 Å².